The molecule has 0 aliphatic rings. The van der Waals surface area contributed by atoms with Crippen molar-refractivity contribution in [3.05, 3.63) is 29.6 Å². The van der Waals surface area contributed by atoms with Crippen LogP contribution in [0, 0.1) is 17.1 Å². The molecule has 1 amide bonds. The third kappa shape index (κ3) is 4.11. The quantitative estimate of drug-likeness (QED) is 0.833. The van der Waals surface area contributed by atoms with Crippen LogP contribution in [0.2, 0.25) is 0 Å². The van der Waals surface area contributed by atoms with Gasteiger partial charge in [0.25, 0.3) is 0 Å². The molecule has 1 aromatic carbocycles. The van der Waals surface area contributed by atoms with E-state index in [9.17, 15) is 9.18 Å². The van der Waals surface area contributed by atoms with Gasteiger partial charge in [0.15, 0.2) is 0 Å². The maximum atomic E-state index is 13.4. The number of carbonyl (C=O) groups excluding carboxylic acids is 1. The number of amides is 1. The zero-order valence-electron chi connectivity index (χ0n) is 9.75. The molecule has 0 aliphatic carbocycles. The Morgan fingerprint density at radius 1 is 1.53 bits per heavy atom. The first-order valence-electron chi connectivity index (χ1n) is 5.26. The lowest BCUT2D eigenvalue weighted by Gasteiger charge is -2.10. The Bertz CT molecular complexity index is 452. The number of hydrogen-bond donors (Lipinski definition) is 2. The Morgan fingerprint density at radius 2 is 2.24 bits per heavy atom. The summed E-state index contributed by atoms with van der Waals surface area (Å²) < 4.78 is 13.4. The Balaban J connectivity index is 2.58. The number of benzene rings is 1. The first-order chi connectivity index (χ1) is 8.02. The lowest BCUT2D eigenvalue weighted by Crippen LogP contribution is -2.34. The van der Waals surface area contributed by atoms with Gasteiger partial charge in [0.2, 0.25) is 5.91 Å². The normalized spacial score (nSPS) is 9.82. The molecule has 17 heavy (non-hydrogen) atoms. The lowest BCUT2D eigenvalue weighted by molar-refractivity contribution is -0.119. The standard InChI is InChI=1S/C12H14FN3O/c1-8(2)16-12(17)7-15-11-4-3-9(6-14)5-10(11)13/h3-5,8,15H,7H2,1-2H3,(H,16,17). The number of nitrogens with one attached hydrogen (secondary N) is 2. The molecule has 0 heterocycles. The van der Waals surface area contributed by atoms with Crippen LogP contribution >= 0.6 is 0 Å². The molecule has 0 bridgehead atoms. The van der Waals surface area contributed by atoms with Crippen molar-refractivity contribution in [2.45, 2.75) is 19.9 Å². The molecule has 5 heteroatoms. The van der Waals surface area contributed by atoms with E-state index in [2.05, 4.69) is 10.6 Å². The second-order valence-electron chi connectivity index (χ2n) is 3.88. The highest BCUT2D eigenvalue weighted by atomic mass is 19.1. The largest absolute Gasteiger partial charge is 0.374 e. The van der Waals surface area contributed by atoms with E-state index in [1.54, 1.807) is 0 Å². The van der Waals surface area contributed by atoms with E-state index in [4.69, 9.17) is 5.26 Å². The fraction of sp³-hybridized carbons (Fsp3) is 0.333. The van der Waals surface area contributed by atoms with E-state index in [-0.39, 0.29) is 29.7 Å². The number of nitriles is 1. The monoisotopic (exact) mass is 235 g/mol. The highest BCUT2D eigenvalue weighted by Crippen LogP contribution is 2.14. The first-order valence-corrected chi connectivity index (χ1v) is 5.26. The molecule has 0 aliphatic heterocycles. The summed E-state index contributed by atoms with van der Waals surface area (Å²) in [6, 6.07) is 5.95. The van der Waals surface area contributed by atoms with Crippen LogP contribution in [0.25, 0.3) is 0 Å². The van der Waals surface area contributed by atoms with Gasteiger partial charge >= 0.3 is 0 Å². The van der Waals surface area contributed by atoms with Gasteiger partial charge in [-0.2, -0.15) is 5.26 Å². The average Bonchev–Trinajstić information content (AvgIpc) is 2.26. The number of halogens is 1. The van der Waals surface area contributed by atoms with Crippen LogP contribution in [0.1, 0.15) is 19.4 Å². The maximum absolute atomic E-state index is 13.4. The van der Waals surface area contributed by atoms with E-state index in [1.807, 2.05) is 19.9 Å². The summed E-state index contributed by atoms with van der Waals surface area (Å²) in [5.41, 5.74) is 0.461. The number of hydrogen-bond acceptors (Lipinski definition) is 3. The van der Waals surface area contributed by atoms with Crippen molar-refractivity contribution in [2.75, 3.05) is 11.9 Å². The van der Waals surface area contributed by atoms with Crippen molar-refractivity contribution >= 4 is 11.6 Å². The van der Waals surface area contributed by atoms with Gasteiger partial charge in [0.1, 0.15) is 5.82 Å². The van der Waals surface area contributed by atoms with Gasteiger partial charge in [-0.15, -0.1) is 0 Å². The zero-order valence-corrected chi connectivity index (χ0v) is 9.75. The molecular weight excluding hydrogens is 221 g/mol. The molecule has 1 rings (SSSR count). The molecule has 0 aromatic heterocycles. The molecule has 2 N–H and O–H groups in total. The van der Waals surface area contributed by atoms with Gasteiger partial charge in [-0.3, -0.25) is 4.79 Å². The predicted molar refractivity (Wildman–Crippen MR) is 62.9 cm³/mol. The van der Waals surface area contributed by atoms with Crippen LogP contribution in [0.15, 0.2) is 18.2 Å². The summed E-state index contributed by atoms with van der Waals surface area (Å²) >= 11 is 0. The van der Waals surface area contributed by atoms with Gasteiger partial charge in [0.05, 0.1) is 23.9 Å². The highest BCUT2D eigenvalue weighted by Gasteiger charge is 2.06. The molecule has 0 saturated carbocycles. The third-order valence-corrected chi connectivity index (χ3v) is 1.99. The Labute approximate surface area is 99.4 Å². The topological polar surface area (TPSA) is 64.9 Å². The first kappa shape index (κ1) is 13.0. The van der Waals surface area contributed by atoms with Gasteiger partial charge in [-0.25, -0.2) is 4.39 Å². The number of rotatable bonds is 4. The summed E-state index contributed by atoms with van der Waals surface area (Å²) in [6.45, 7) is 3.70. The molecule has 0 radical (unpaired) electrons. The van der Waals surface area contributed by atoms with Crippen LogP contribution < -0.4 is 10.6 Å². The summed E-state index contributed by atoms with van der Waals surface area (Å²) in [5.74, 6) is -0.745. The van der Waals surface area contributed by atoms with Crippen LogP contribution in [0.3, 0.4) is 0 Å². The Hall–Kier alpha value is -2.09. The molecule has 1 aromatic rings. The Kier molecular flexibility index (Phi) is 4.46. The summed E-state index contributed by atoms with van der Waals surface area (Å²) in [4.78, 5) is 11.3. The SMILES string of the molecule is CC(C)NC(=O)CNc1ccc(C#N)cc1F. The van der Waals surface area contributed by atoms with Crippen molar-refractivity contribution in [3.8, 4) is 6.07 Å². The fourth-order valence-corrected chi connectivity index (χ4v) is 1.28. The number of anilines is 1. The molecule has 0 spiro atoms. The van der Waals surface area contributed by atoms with Crippen LogP contribution in [0.5, 0.6) is 0 Å². The van der Waals surface area contributed by atoms with Crippen molar-refractivity contribution in [3.63, 3.8) is 0 Å². The smallest absolute Gasteiger partial charge is 0.239 e. The molecule has 4 nitrogen and oxygen atoms in total. The van der Waals surface area contributed by atoms with Crippen LogP contribution in [0.4, 0.5) is 10.1 Å². The van der Waals surface area contributed by atoms with Gasteiger partial charge < -0.3 is 10.6 Å². The highest BCUT2D eigenvalue weighted by molar-refractivity contribution is 5.80. The van der Waals surface area contributed by atoms with Crippen molar-refractivity contribution in [2.24, 2.45) is 0 Å². The second-order valence-corrected chi connectivity index (χ2v) is 3.88. The Morgan fingerprint density at radius 3 is 2.76 bits per heavy atom. The van der Waals surface area contributed by atoms with E-state index >= 15 is 0 Å². The maximum Gasteiger partial charge on any atom is 0.239 e. The molecule has 0 atom stereocenters. The minimum atomic E-state index is -0.540. The van der Waals surface area contributed by atoms with E-state index in [0.29, 0.717) is 0 Å². The van der Waals surface area contributed by atoms with Crippen LogP contribution in [-0.2, 0) is 4.79 Å². The van der Waals surface area contributed by atoms with Gasteiger partial charge in [0, 0.05) is 6.04 Å². The molecule has 90 valence electrons. The molecule has 0 saturated heterocycles. The molecular formula is C12H14FN3O. The van der Waals surface area contributed by atoms with Gasteiger partial charge in [-0.1, -0.05) is 0 Å². The lowest BCUT2D eigenvalue weighted by atomic mass is 10.2. The molecule has 0 unspecified atom stereocenters. The van der Waals surface area contributed by atoms with E-state index < -0.39 is 5.82 Å². The van der Waals surface area contributed by atoms with Crippen molar-refractivity contribution in [1.82, 2.24) is 5.32 Å². The summed E-state index contributed by atoms with van der Waals surface area (Å²) in [5, 5.41) is 13.9. The number of nitrogens with zero attached hydrogens (tertiary/aromatic N) is 1. The molecule has 0 fully saturated rings. The second kappa shape index (κ2) is 5.85. The average molecular weight is 235 g/mol. The summed E-state index contributed by atoms with van der Waals surface area (Å²) in [6.07, 6.45) is 0. The van der Waals surface area contributed by atoms with Crippen molar-refractivity contribution in [1.29, 1.82) is 5.26 Å². The fourth-order valence-electron chi connectivity index (χ4n) is 1.28. The van der Waals surface area contributed by atoms with E-state index in [0.717, 1.165) is 6.07 Å². The number of carbonyl (C=O) groups is 1. The van der Waals surface area contributed by atoms with Crippen molar-refractivity contribution < 1.29 is 9.18 Å². The minimum Gasteiger partial charge on any atom is -0.374 e. The predicted octanol–water partition coefficient (Wildman–Crippen LogP) is 1.63. The van der Waals surface area contributed by atoms with Crippen LogP contribution in [-0.4, -0.2) is 18.5 Å². The van der Waals surface area contributed by atoms with Gasteiger partial charge in [-0.05, 0) is 32.0 Å². The third-order valence-electron chi connectivity index (χ3n) is 1.99. The summed E-state index contributed by atoms with van der Waals surface area (Å²) in [7, 11) is 0. The minimum absolute atomic E-state index is 0.000992. The zero-order chi connectivity index (χ0) is 12.8. The van der Waals surface area contributed by atoms with E-state index in [1.165, 1.54) is 12.1 Å².